The summed E-state index contributed by atoms with van der Waals surface area (Å²) in [4.78, 5) is 4.30. The van der Waals surface area contributed by atoms with Gasteiger partial charge >= 0.3 is 0 Å². The number of nitrogens with one attached hydrogen (secondary N) is 2. The third-order valence-electron chi connectivity index (χ3n) is 2.47. The summed E-state index contributed by atoms with van der Waals surface area (Å²) in [5.74, 6) is 2.19. The molecule has 3 aromatic rings. The summed E-state index contributed by atoms with van der Waals surface area (Å²) in [6.07, 6.45) is 1.55. The van der Waals surface area contributed by atoms with Crippen LogP contribution in [0.1, 0.15) is 5.76 Å². The lowest BCUT2D eigenvalue weighted by molar-refractivity contribution is 0.400. The SMILES string of the molecule is Cc1cc(Nc2nncc(Nc3ccccc3)n2)no1. The topological polar surface area (TPSA) is 88.8 Å². The van der Waals surface area contributed by atoms with Gasteiger partial charge < -0.3 is 15.2 Å². The van der Waals surface area contributed by atoms with Gasteiger partial charge in [0, 0.05) is 11.8 Å². The predicted molar refractivity (Wildman–Crippen MR) is 74.1 cm³/mol. The Kier molecular flexibility index (Phi) is 3.24. The first-order valence-electron chi connectivity index (χ1n) is 6.02. The Hall–Kier alpha value is -2.96. The minimum absolute atomic E-state index is 0.347. The summed E-state index contributed by atoms with van der Waals surface area (Å²) in [5.41, 5.74) is 0.927. The molecular formula is C13H12N6O. The second kappa shape index (κ2) is 5.35. The number of hydrogen-bond acceptors (Lipinski definition) is 7. The van der Waals surface area contributed by atoms with E-state index in [-0.39, 0.29) is 0 Å². The van der Waals surface area contributed by atoms with E-state index in [1.165, 1.54) is 0 Å². The third-order valence-corrected chi connectivity index (χ3v) is 2.47. The van der Waals surface area contributed by atoms with Crippen LogP contribution in [0.2, 0.25) is 0 Å². The number of aryl methyl sites for hydroxylation is 1. The smallest absolute Gasteiger partial charge is 0.250 e. The van der Waals surface area contributed by atoms with Gasteiger partial charge in [-0.15, -0.1) is 5.10 Å². The summed E-state index contributed by atoms with van der Waals surface area (Å²) in [7, 11) is 0. The van der Waals surface area contributed by atoms with E-state index in [0.29, 0.717) is 23.3 Å². The highest BCUT2D eigenvalue weighted by atomic mass is 16.5. The molecule has 0 atom stereocenters. The highest BCUT2D eigenvalue weighted by Gasteiger charge is 2.04. The van der Waals surface area contributed by atoms with Crippen LogP contribution in [0.15, 0.2) is 47.1 Å². The molecule has 0 saturated heterocycles. The van der Waals surface area contributed by atoms with Gasteiger partial charge in [-0.1, -0.05) is 23.4 Å². The monoisotopic (exact) mass is 268 g/mol. The highest BCUT2D eigenvalue weighted by molar-refractivity contribution is 5.57. The summed E-state index contributed by atoms with van der Waals surface area (Å²) < 4.78 is 4.96. The summed E-state index contributed by atoms with van der Waals surface area (Å²) in [6, 6.07) is 11.5. The molecule has 7 heteroatoms. The molecule has 0 aliphatic heterocycles. The fraction of sp³-hybridized carbons (Fsp3) is 0.0769. The van der Waals surface area contributed by atoms with Crippen LogP contribution in [0.5, 0.6) is 0 Å². The van der Waals surface area contributed by atoms with Crippen molar-refractivity contribution >= 4 is 23.3 Å². The number of nitrogens with zero attached hydrogens (tertiary/aromatic N) is 4. The molecule has 0 fully saturated rings. The fourth-order valence-electron chi connectivity index (χ4n) is 1.63. The van der Waals surface area contributed by atoms with Gasteiger partial charge in [-0.3, -0.25) is 0 Å². The van der Waals surface area contributed by atoms with E-state index in [4.69, 9.17) is 4.52 Å². The van der Waals surface area contributed by atoms with Crippen LogP contribution in [-0.4, -0.2) is 20.3 Å². The van der Waals surface area contributed by atoms with E-state index in [1.807, 2.05) is 37.3 Å². The van der Waals surface area contributed by atoms with Gasteiger partial charge in [-0.05, 0) is 19.1 Å². The second-order valence-electron chi connectivity index (χ2n) is 4.10. The van der Waals surface area contributed by atoms with E-state index in [0.717, 1.165) is 5.69 Å². The molecule has 2 N–H and O–H groups in total. The van der Waals surface area contributed by atoms with Crippen LogP contribution in [0, 0.1) is 6.92 Å². The van der Waals surface area contributed by atoms with Gasteiger partial charge in [-0.2, -0.15) is 10.1 Å². The number of benzene rings is 1. The lowest BCUT2D eigenvalue weighted by atomic mass is 10.3. The Morgan fingerprint density at radius 1 is 1.05 bits per heavy atom. The van der Waals surface area contributed by atoms with Crippen molar-refractivity contribution in [2.75, 3.05) is 10.6 Å². The molecule has 0 bridgehead atoms. The molecule has 1 aromatic carbocycles. The lowest BCUT2D eigenvalue weighted by Crippen LogP contribution is -2.02. The molecule has 3 rings (SSSR count). The Labute approximate surface area is 115 Å². The number of hydrogen-bond donors (Lipinski definition) is 2. The van der Waals surface area contributed by atoms with Crippen LogP contribution in [-0.2, 0) is 0 Å². The Morgan fingerprint density at radius 3 is 2.65 bits per heavy atom. The molecule has 0 amide bonds. The molecule has 0 spiro atoms. The molecule has 2 aromatic heterocycles. The molecule has 0 radical (unpaired) electrons. The number of para-hydroxylation sites is 1. The zero-order valence-electron chi connectivity index (χ0n) is 10.7. The van der Waals surface area contributed by atoms with Crippen molar-refractivity contribution in [3.8, 4) is 0 Å². The molecule has 0 unspecified atom stereocenters. The number of rotatable bonds is 4. The zero-order valence-corrected chi connectivity index (χ0v) is 10.7. The van der Waals surface area contributed by atoms with E-state index >= 15 is 0 Å². The van der Waals surface area contributed by atoms with Crippen molar-refractivity contribution in [3.63, 3.8) is 0 Å². The van der Waals surface area contributed by atoms with E-state index in [2.05, 4.69) is 31.0 Å². The van der Waals surface area contributed by atoms with Crippen molar-refractivity contribution in [2.24, 2.45) is 0 Å². The molecule has 7 nitrogen and oxygen atoms in total. The van der Waals surface area contributed by atoms with Crippen molar-refractivity contribution in [2.45, 2.75) is 6.92 Å². The van der Waals surface area contributed by atoms with Crippen LogP contribution in [0.25, 0.3) is 0 Å². The molecule has 0 aliphatic carbocycles. The fourth-order valence-corrected chi connectivity index (χ4v) is 1.63. The van der Waals surface area contributed by atoms with Gasteiger partial charge in [0.15, 0.2) is 11.6 Å². The first-order valence-corrected chi connectivity index (χ1v) is 6.02. The Morgan fingerprint density at radius 2 is 1.90 bits per heavy atom. The van der Waals surface area contributed by atoms with Crippen LogP contribution >= 0.6 is 0 Å². The molecule has 2 heterocycles. The van der Waals surface area contributed by atoms with Crippen molar-refractivity contribution < 1.29 is 4.52 Å². The normalized spacial score (nSPS) is 10.2. The molecule has 0 aliphatic rings. The zero-order chi connectivity index (χ0) is 13.8. The molecule has 100 valence electrons. The highest BCUT2D eigenvalue weighted by Crippen LogP contribution is 2.16. The van der Waals surface area contributed by atoms with Gasteiger partial charge in [-0.25, -0.2) is 0 Å². The van der Waals surface area contributed by atoms with Crippen LogP contribution in [0.3, 0.4) is 0 Å². The first-order chi connectivity index (χ1) is 9.79. The van der Waals surface area contributed by atoms with E-state index < -0.39 is 0 Å². The van der Waals surface area contributed by atoms with Crippen LogP contribution in [0.4, 0.5) is 23.3 Å². The Bertz CT molecular complexity index is 697. The maximum absolute atomic E-state index is 4.96. The summed E-state index contributed by atoms with van der Waals surface area (Å²) >= 11 is 0. The second-order valence-corrected chi connectivity index (χ2v) is 4.10. The van der Waals surface area contributed by atoms with Gasteiger partial charge in [0.25, 0.3) is 0 Å². The van der Waals surface area contributed by atoms with E-state index in [9.17, 15) is 0 Å². The maximum Gasteiger partial charge on any atom is 0.250 e. The number of aromatic nitrogens is 4. The number of anilines is 4. The molecular weight excluding hydrogens is 256 g/mol. The van der Waals surface area contributed by atoms with Crippen molar-refractivity contribution in [3.05, 3.63) is 48.4 Å². The standard InChI is InChI=1S/C13H12N6O/c1-9-7-11(19-20-9)16-13-17-12(8-14-18-13)15-10-5-3-2-4-6-10/h2-8H,1H3,(H2,15,16,17,18,19). The van der Waals surface area contributed by atoms with Crippen LogP contribution < -0.4 is 10.6 Å². The maximum atomic E-state index is 4.96. The summed E-state index contributed by atoms with van der Waals surface area (Å²) in [6.45, 7) is 1.81. The lowest BCUT2D eigenvalue weighted by Gasteiger charge is -2.05. The molecule has 20 heavy (non-hydrogen) atoms. The minimum Gasteiger partial charge on any atom is -0.360 e. The van der Waals surface area contributed by atoms with Gasteiger partial charge in [0.1, 0.15) is 5.76 Å². The van der Waals surface area contributed by atoms with Gasteiger partial charge in [0.05, 0.1) is 6.20 Å². The van der Waals surface area contributed by atoms with Crippen molar-refractivity contribution in [1.82, 2.24) is 20.3 Å². The predicted octanol–water partition coefficient (Wildman–Crippen LogP) is 2.66. The average Bonchev–Trinajstić information content (AvgIpc) is 2.86. The first kappa shape index (κ1) is 12.1. The minimum atomic E-state index is 0.347. The average molecular weight is 268 g/mol. The quantitative estimate of drug-likeness (QED) is 0.751. The summed E-state index contributed by atoms with van der Waals surface area (Å²) in [5, 5.41) is 17.6. The third kappa shape index (κ3) is 2.89. The Balaban J connectivity index is 1.76. The van der Waals surface area contributed by atoms with Crippen molar-refractivity contribution in [1.29, 1.82) is 0 Å². The molecule has 0 saturated carbocycles. The largest absolute Gasteiger partial charge is 0.360 e. The van der Waals surface area contributed by atoms with Gasteiger partial charge in [0.2, 0.25) is 5.95 Å². The van der Waals surface area contributed by atoms with E-state index in [1.54, 1.807) is 12.3 Å².